The van der Waals surface area contributed by atoms with E-state index in [0.717, 1.165) is 11.1 Å². The molecule has 0 unspecified atom stereocenters. The first-order valence-electron chi connectivity index (χ1n) is 9.92. The van der Waals surface area contributed by atoms with E-state index < -0.39 is 5.91 Å². The summed E-state index contributed by atoms with van der Waals surface area (Å²) in [5.41, 5.74) is 11.1. The second kappa shape index (κ2) is 7.08. The van der Waals surface area contributed by atoms with Crippen molar-refractivity contribution in [3.63, 3.8) is 0 Å². The van der Waals surface area contributed by atoms with Gasteiger partial charge in [-0.25, -0.2) is 9.97 Å². The first-order chi connectivity index (χ1) is 14.9. The van der Waals surface area contributed by atoms with Crippen molar-refractivity contribution < 1.29 is 9.21 Å². The highest BCUT2D eigenvalue weighted by Crippen LogP contribution is 2.33. The van der Waals surface area contributed by atoms with Gasteiger partial charge in [-0.05, 0) is 37.1 Å². The molecule has 0 radical (unpaired) electrons. The Morgan fingerprint density at radius 2 is 1.97 bits per heavy atom. The third-order valence-electron chi connectivity index (χ3n) is 5.56. The van der Waals surface area contributed by atoms with Gasteiger partial charge < -0.3 is 20.4 Å². The number of nitrogens with one attached hydrogen (secondary N) is 1. The molecule has 3 N–H and O–H groups in total. The molecular weight excluding hydrogens is 396 g/mol. The number of carbonyl (C=O) groups is 1. The Morgan fingerprint density at radius 1 is 1.19 bits per heavy atom. The lowest BCUT2D eigenvalue weighted by atomic mass is 9.97. The zero-order chi connectivity index (χ0) is 21.7. The highest BCUT2D eigenvalue weighted by atomic mass is 16.4. The van der Waals surface area contributed by atoms with Gasteiger partial charge >= 0.3 is 0 Å². The van der Waals surface area contributed by atoms with Gasteiger partial charge in [0, 0.05) is 32.3 Å². The van der Waals surface area contributed by atoms with Crippen molar-refractivity contribution in [3.8, 4) is 0 Å². The van der Waals surface area contributed by atoms with Crippen molar-refractivity contribution in [3.05, 3.63) is 53.2 Å². The summed E-state index contributed by atoms with van der Waals surface area (Å²) in [6, 6.07) is 4.64. The van der Waals surface area contributed by atoms with Gasteiger partial charge in [0.15, 0.2) is 17.1 Å². The van der Waals surface area contributed by atoms with Crippen LogP contribution in [0.15, 0.2) is 35.1 Å². The summed E-state index contributed by atoms with van der Waals surface area (Å²) in [5.74, 6) is -0.219. The van der Waals surface area contributed by atoms with E-state index in [1.54, 1.807) is 30.3 Å². The maximum atomic E-state index is 12.0. The Bertz CT molecular complexity index is 1260. The highest BCUT2D eigenvalue weighted by molar-refractivity contribution is 5.96. The van der Waals surface area contributed by atoms with Gasteiger partial charge in [-0.2, -0.15) is 10.1 Å². The number of oxazole rings is 1. The zero-order valence-corrected chi connectivity index (χ0v) is 17.5. The first kappa shape index (κ1) is 19.0. The number of amides is 1. The molecule has 31 heavy (non-hydrogen) atoms. The molecule has 0 aliphatic carbocycles. The largest absolute Gasteiger partial charge is 0.423 e. The monoisotopic (exact) mass is 418 g/mol. The van der Waals surface area contributed by atoms with Gasteiger partial charge in [0.05, 0.1) is 23.8 Å². The van der Waals surface area contributed by atoms with Crippen LogP contribution in [0.25, 0.3) is 11.1 Å². The van der Waals surface area contributed by atoms with Crippen molar-refractivity contribution in [1.82, 2.24) is 24.7 Å². The van der Waals surface area contributed by atoms with Crippen LogP contribution in [0.5, 0.6) is 0 Å². The van der Waals surface area contributed by atoms with Crippen LogP contribution in [0.4, 0.5) is 17.5 Å². The van der Waals surface area contributed by atoms with Gasteiger partial charge in [-0.3, -0.25) is 9.48 Å². The summed E-state index contributed by atoms with van der Waals surface area (Å²) in [7, 11) is 1.80. The van der Waals surface area contributed by atoms with Crippen LogP contribution in [0.1, 0.15) is 33.2 Å². The molecule has 1 aromatic carbocycles. The normalized spacial score (nSPS) is 14.1. The average Bonchev–Trinajstić information content (AvgIpc) is 3.27. The number of nitrogens with two attached hydrogens (primary N) is 1. The van der Waals surface area contributed by atoms with E-state index in [1.807, 2.05) is 17.0 Å². The average molecular weight is 418 g/mol. The minimum Gasteiger partial charge on any atom is -0.423 e. The minimum absolute atomic E-state index is 0.104. The molecule has 10 nitrogen and oxygen atoms in total. The quantitative estimate of drug-likeness (QED) is 0.506. The number of aryl methyl sites for hydroxylation is 3. The molecule has 4 heterocycles. The second-order valence-electron chi connectivity index (χ2n) is 7.89. The number of benzene rings is 1. The van der Waals surface area contributed by atoms with Gasteiger partial charge in [-0.15, -0.1) is 0 Å². The molecule has 10 heteroatoms. The number of hydrogen-bond acceptors (Lipinski definition) is 8. The molecule has 1 saturated heterocycles. The van der Waals surface area contributed by atoms with Crippen molar-refractivity contribution >= 4 is 34.5 Å². The highest BCUT2D eigenvalue weighted by Gasteiger charge is 2.33. The number of aromatic nitrogens is 5. The molecule has 0 saturated carbocycles. The molecule has 0 spiro atoms. The summed E-state index contributed by atoms with van der Waals surface area (Å²) < 4.78 is 7.57. The van der Waals surface area contributed by atoms with Crippen LogP contribution in [0.3, 0.4) is 0 Å². The standard InChI is InChI=1S/C21H22N8O2/c1-11-4-15-17(5-12(11)2)31-21(27-15)29-8-13(9-29)16-7-23-20(18(26-16)19(22)30)25-14-6-24-28(3)10-14/h4-7,10,13H,8-9H2,1-3H3,(H2,22,30)(H,23,25). The predicted octanol–water partition coefficient (Wildman–Crippen LogP) is 2.41. The van der Waals surface area contributed by atoms with Crippen LogP contribution in [-0.4, -0.2) is 43.7 Å². The van der Waals surface area contributed by atoms with E-state index in [2.05, 4.69) is 39.2 Å². The third kappa shape index (κ3) is 3.45. The summed E-state index contributed by atoms with van der Waals surface area (Å²) in [6.45, 7) is 5.46. The Hall–Kier alpha value is -3.95. The molecule has 1 amide bonds. The van der Waals surface area contributed by atoms with E-state index in [9.17, 15) is 4.79 Å². The third-order valence-corrected chi connectivity index (χ3v) is 5.56. The topological polar surface area (TPSA) is 128 Å². The molecular formula is C21H22N8O2. The summed E-state index contributed by atoms with van der Waals surface area (Å²) in [5, 5.41) is 7.13. The van der Waals surface area contributed by atoms with Crippen molar-refractivity contribution in [2.45, 2.75) is 19.8 Å². The summed E-state index contributed by atoms with van der Waals surface area (Å²) in [4.78, 5) is 27.5. The predicted molar refractivity (Wildman–Crippen MR) is 115 cm³/mol. The number of primary amides is 1. The molecule has 4 aromatic rings. The number of nitrogens with zero attached hydrogens (tertiary/aromatic N) is 6. The Morgan fingerprint density at radius 3 is 2.68 bits per heavy atom. The van der Waals surface area contributed by atoms with Crippen LogP contribution >= 0.6 is 0 Å². The van der Waals surface area contributed by atoms with Gasteiger partial charge in [0.25, 0.3) is 11.9 Å². The maximum Gasteiger partial charge on any atom is 0.298 e. The molecule has 3 aromatic heterocycles. The van der Waals surface area contributed by atoms with Crippen LogP contribution < -0.4 is 16.0 Å². The number of carbonyl (C=O) groups excluding carboxylic acids is 1. The fraction of sp³-hybridized carbons (Fsp3) is 0.286. The summed E-state index contributed by atoms with van der Waals surface area (Å²) >= 11 is 0. The Balaban J connectivity index is 1.33. The smallest absolute Gasteiger partial charge is 0.298 e. The summed E-state index contributed by atoms with van der Waals surface area (Å²) in [6.07, 6.45) is 5.08. The molecule has 1 fully saturated rings. The van der Waals surface area contributed by atoms with Crippen LogP contribution in [-0.2, 0) is 7.05 Å². The van der Waals surface area contributed by atoms with E-state index in [4.69, 9.17) is 10.2 Å². The van der Waals surface area contributed by atoms with Crippen molar-refractivity contribution in [1.29, 1.82) is 0 Å². The van der Waals surface area contributed by atoms with Gasteiger partial charge in [0.1, 0.15) is 5.52 Å². The molecule has 0 atom stereocenters. The van der Waals surface area contributed by atoms with Crippen molar-refractivity contribution in [2.75, 3.05) is 23.3 Å². The van der Waals surface area contributed by atoms with Gasteiger partial charge in [-0.1, -0.05) is 0 Å². The van der Waals surface area contributed by atoms with Crippen molar-refractivity contribution in [2.24, 2.45) is 12.8 Å². The second-order valence-corrected chi connectivity index (χ2v) is 7.89. The van der Waals surface area contributed by atoms with Crippen LogP contribution in [0.2, 0.25) is 0 Å². The maximum absolute atomic E-state index is 12.0. The molecule has 0 bridgehead atoms. The number of anilines is 3. The Labute approximate surface area is 178 Å². The lowest BCUT2D eigenvalue weighted by Crippen LogP contribution is -2.45. The Kier molecular flexibility index (Phi) is 4.35. The fourth-order valence-electron chi connectivity index (χ4n) is 3.61. The number of hydrogen-bond donors (Lipinski definition) is 2. The van der Waals surface area contributed by atoms with E-state index >= 15 is 0 Å². The first-order valence-corrected chi connectivity index (χ1v) is 9.92. The van der Waals surface area contributed by atoms with E-state index in [0.29, 0.717) is 36.3 Å². The SMILES string of the molecule is Cc1cc2nc(N3CC(c4cnc(Nc5cnn(C)c5)c(C(N)=O)n4)C3)oc2cc1C. The minimum atomic E-state index is -0.637. The fourth-order valence-corrected chi connectivity index (χ4v) is 3.61. The number of rotatable bonds is 5. The lowest BCUT2D eigenvalue weighted by molar-refractivity contribution is 0.0995. The molecule has 1 aliphatic heterocycles. The zero-order valence-electron chi connectivity index (χ0n) is 17.5. The molecule has 158 valence electrons. The lowest BCUT2D eigenvalue weighted by Gasteiger charge is -2.37. The van der Waals surface area contributed by atoms with E-state index in [1.165, 1.54) is 11.1 Å². The van der Waals surface area contributed by atoms with Gasteiger partial charge in [0.2, 0.25) is 0 Å². The van der Waals surface area contributed by atoms with Crippen LogP contribution in [0, 0.1) is 13.8 Å². The molecule has 5 rings (SSSR count). The van der Waals surface area contributed by atoms with E-state index in [-0.39, 0.29) is 11.6 Å². The molecule has 1 aliphatic rings. The number of fused-ring (bicyclic) bond motifs is 1.